The van der Waals surface area contributed by atoms with E-state index in [2.05, 4.69) is 0 Å². The standard InChI is InChI=1S/C3HF7O2S/c4-1(5,2(6,7)8)3(9,10)13(11)12/h(H,11,12)/p-1. The van der Waals surface area contributed by atoms with Crippen molar-refractivity contribution in [2.75, 3.05) is 0 Å². The average Bonchev–Trinajstić information content (AvgIpc) is 1.84. The first kappa shape index (κ1) is 12.6. The van der Waals surface area contributed by atoms with Crippen LogP contribution in [0.15, 0.2) is 0 Å². The van der Waals surface area contributed by atoms with Crippen LogP contribution in [0.5, 0.6) is 0 Å². The monoisotopic (exact) mass is 233 g/mol. The highest BCUT2D eigenvalue weighted by Crippen LogP contribution is 2.47. The Labute approximate surface area is 69.0 Å². The molecule has 0 aliphatic carbocycles. The van der Waals surface area contributed by atoms with Crippen molar-refractivity contribution in [2.24, 2.45) is 0 Å². The molecule has 0 aliphatic heterocycles. The first-order valence-electron chi connectivity index (χ1n) is 2.36. The van der Waals surface area contributed by atoms with Crippen molar-refractivity contribution in [3.63, 3.8) is 0 Å². The Morgan fingerprint density at radius 1 is 0.923 bits per heavy atom. The lowest BCUT2D eigenvalue weighted by Gasteiger charge is -2.29. The van der Waals surface area contributed by atoms with Gasteiger partial charge in [0.2, 0.25) is 0 Å². The molecule has 0 bridgehead atoms. The molecule has 0 saturated heterocycles. The smallest absolute Gasteiger partial charge is 0.460 e. The lowest BCUT2D eigenvalue weighted by molar-refractivity contribution is -0.332. The van der Waals surface area contributed by atoms with Gasteiger partial charge in [-0.25, -0.2) is 0 Å². The van der Waals surface area contributed by atoms with Crippen LogP contribution < -0.4 is 0 Å². The largest absolute Gasteiger partial charge is 0.768 e. The van der Waals surface area contributed by atoms with Gasteiger partial charge >= 0.3 is 17.4 Å². The normalized spacial score (nSPS) is 17.2. The Morgan fingerprint density at radius 2 is 1.23 bits per heavy atom. The average molecular weight is 233 g/mol. The summed E-state index contributed by atoms with van der Waals surface area (Å²) in [5, 5.41) is -6.16. The fourth-order valence-electron chi connectivity index (χ4n) is 0.270. The first-order valence-corrected chi connectivity index (χ1v) is 3.44. The van der Waals surface area contributed by atoms with E-state index in [9.17, 15) is 39.5 Å². The van der Waals surface area contributed by atoms with E-state index in [1.807, 2.05) is 0 Å². The highest BCUT2D eigenvalue weighted by atomic mass is 32.2. The molecule has 0 heterocycles. The Balaban J connectivity index is 5.16. The summed E-state index contributed by atoms with van der Waals surface area (Å²) in [7, 11) is 0. The topological polar surface area (TPSA) is 40.1 Å². The first-order chi connectivity index (χ1) is 5.44. The van der Waals surface area contributed by atoms with Gasteiger partial charge in [-0.1, -0.05) is 0 Å². The van der Waals surface area contributed by atoms with Gasteiger partial charge in [0.05, 0.1) is 0 Å². The molecule has 0 saturated carbocycles. The predicted octanol–water partition coefficient (Wildman–Crippen LogP) is 1.66. The van der Waals surface area contributed by atoms with Crippen molar-refractivity contribution >= 4 is 11.1 Å². The summed E-state index contributed by atoms with van der Waals surface area (Å²) in [5.74, 6) is -6.59. The van der Waals surface area contributed by atoms with Gasteiger partial charge in [0.25, 0.3) is 0 Å². The minimum atomic E-state index is -6.61. The summed E-state index contributed by atoms with van der Waals surface area (Å²) < 4.78 is 99.2. The second-order valence-electron chi connectivity index (χ2n) is 1.82. The van der Waals surface area contributed by atoms with Gasteiger partial charge in [-0.15, -0.1) is 0 Å². The zero-order valence-corrected chi connectivity index (χ0v) is 6.19. The van der Waals surface area contributed by atoms with Gasteiger partial charge in [-0.2, -0.15) is 30.7 Å². The third kappa shape index (κ3) is 1.93. The molecule has 0 spiro atoms. The summed E-state index contributed by atoms with van der Waals surface area (Å²) in [6, 6.07) is 0. The Morgan fingerprint density at radius 3 is 1.31 bits per heavy atom. The molecule has 0 N–H and O–H groups in total. The van der Waals surface area contributed by atoms with Crippen LogP contribution in [-0.2, 0) is 11.1 Å². The van der Waals surface area contributed by atoms with Crippen LogP contribution in [0.2, 0.25) is 0 Å². The maximum atomic E-state index is 11.7. The lowest BCUT2D eigenvalue weighted by atomic mass is 10.3. The van der Waals surface area contributed by atoms with Gasteiger partial charge in [-0.3, -0.25) is 4.21 Å². The Hall–Kier alpha value is -0.380. The van der Waals surface area contributed by atoms with Gasteiger partial charge in [-0.05, 0) is 0 Å². The maximum Gasteiger partial charge on any atom is 0.460 e. The number of halogens is 7. The minimum Gasteiger partial charge on any atom is -0.768 e. The summed E-state index contributed by atoms with van der Waals surface area (Å²) in [4.78, 5) is 0. The van der Waals surface area contributed by atoms with E-state index in [0.29, 0.717) is 0 Å². The molecule has 0 aromatic rings. The van der Waals surface area contributed by atoms with E-state index < -0.39 is 28.4 Å². The molecule has 0 aromatic heterocycles. The molecule has 0 aromatic carbocycles. The highest BCUT2D eigenvalue weighted by molar-refractivity contribution is 7.80. The maximum absolute atomic E-state index is 11.7. The van der Waals surface area contributed by atoms with Crippen LogP contribution in [0.25, 0.3) is 0 Å². The van der Waals surface area contributed by atoms with Crippen molar-refractivity contribution in [3.05, 3.63) is 0 Å². The zero-order chi connectivity index (χ0) is 11.1. The van der Waals surface area contributed by atoms with E-state index in [1.165, 1.54) is 0 Å². The van der Waals surface area contributed by atoms with E-state index in [-0.39, 0.29) is 0 Å². The molecule has 0 rings (SSSR count). The summed E-state index contributed by atoms with van der Waals surface area (Å²) in [5.41, 5.74) is 0. The van der Waals surface area contributed by atoms with E-state index in [0.717, 1.165) is 0 Å². The van der Waals surface area contributed by atoms with Crippen molar-refractivity contribution in [3.8, 4) is 0 Å². The predicted molar refractivity (Wildman–Crippen MR) is 24.9 cm³/mol. The second kappa shape index (κ2) is 3.08. The van der Waals surface area contributed by atoms with E-state index in [4.69, 9.17) is 0 Å². The number of alkyl halides is 7. The van der Waals surface area contributed by atoms with Crippen LogP contribution >= 0.6 is 0 Å². The minimum absolute atomic E-state index is 4.85. The van der Waals surface area contributed by atoms with Crippen LogP contribution in [-0.4, -0.2) is 26.1 Å². The molecular weight excluding hydrogens is 233 g/mol. The quantitative estimate of drug-likeness (QED) is 0.537. The van der Waals surface area contributed by atoms with Crippen molar-refractivity contribution in [1.82, 2.24) is 0 Å². The molecule has 2 nitrogen and oxygen atoms in total. The van der Waals surface area contributed by atoms with Crippen molar-refractivity contribution in [2.45, 2.75) is 17.4 Å². The fraction of sp³-hybridized carbons (Fsp3) is 1.00. The third-order valence-corrected chi connectivity index (χ3v) is 1.61. The molecule has 0 fully saturated rings. The fourth-order valence-corrected chi connectivity index (χ4v) is 0.595. The zero-order valence-electron chi connectivity index (χ0n) is 5.37. The van der Waals surface area contributed by atoms with Gasteiger partial charge in [0, 0.05) is 11.1 Å². The van der Waals surface area contributed by atoms with Crippen LogP contribution in [0.4, 0.5) is 30.7 Å². The SMILES string of the molecule is O=S([O-])C(F)(F)C(F)(F)C(F)(F)F. The van der Waals surface area contributed by atoms with E-state index in [1.54, 1.807) is 0 Å². The molecule has 0 aliphatic rings. The summed E-state index contributed by atoms with van der Waals surface area (Å²) in [6.07, 6.45) is -6.61. The van der Waals surface area contributed by atoms with Gasteiger partial charge < -0.3 is 4.55 Å². The number of hydrogen-bond donors (Lipinski definition) is 0. The Kier molecular flexibility index (Phi) is 2.99. The summed E-state index contributed by atoms with van der Waals surface area (Å²) >= 11 is -4.85. The van der Waals surface area contributed by atoms with Gasteiger partial charge in [0.15, 0.2) is 0 Å². The van der Waals surface area contributed by atoms with Crippen LogP contribution in [0.3, 0.4) is 0 Å². The van der Waals surface area contributed by atoms with E-state index >= 15 is 0 Å². The molecule has 0 amide bonds. The van der Waals surface area contributed by atoms with Crippen molar-refractivity contribution in [1.29, 1.82) is 0 Å². The molecule has 10 heteroatoms. The molecule has 1 unspecified atom stereocenters. The highest BCUT2D eigenvalue weighted by Gasteiger charge is 2.74. The lowest BCUT2D eigenvalue weighted by Crippen LogP contribution is -2.54. The van der Waals surface area contributed by atoms with Crippen LogP contribution in [0, 0.1) is 0 Å². The number of hydrogen-bond acceptors (Lipinski definition) is 2. The van der Waals surface area contributed by atoms with Crippen molar-refractivity contribution < 1.29 is 39.5 Å². The summed E-state index contributed by atoms with van der Waals surface area (Å²) in [6.45, 7) is 0. The Bertz CT molecular complexity index is 220. The second-order valence-corrected chi connectivity index (χ2v) is 2.81. The molecule has 13 heavy (non-hydrogen) atoms. The third-order valence-electron chi connectivity index (χ3n) is 0.931. The van der Waals surface area contributed by atoms with Gasteiger partial charge in [0.1, 0.15) is 0 Å². The molecular formula is C3F7O2S-. The number of rotatable bonds is 2. The molecule has 1 atom stereocenters. The van der Waals surface area contributed by atoms with Crippen LogP contribution in [0.1, 0.15) is 0 Å². The molecule has 0 radical (unpaired) electrons. The molecule has 80 valence electrons.